The number of sulfonamides is 1. The largest absolute Gasteiger partial charge is 0.480 e. The predicted octanol–water partition coefficient (Wildman–Crippen LogP) is 1.08. The van der Waals surface area contributed by atoms with Crippen LogP contribution in [0.15, 0.2) is 29.2 Å². The molecule has 0 aliphatic carbocycles. The quantitative estimate of drug-likeness (QED) is 0.693. The number of ether oxygens (including phenoxy) is 1. The van der Waals surface area contributed by atoms with Gasteiger partial charge >= 0.3 is 5.97 Å². The monoisotopic (exact) mass is 384 g/mol. The van der Waals surface area contributed by atoms with Crippen LogP contribution in [-0.4, -0.2) is 62.6 Å². The van der Waals surface area contributed by atoms with Gasteiger partial charge < -0.3 is 15.2 Å². The van der Waals surface area contributed by atoms with Gasteiger partial charge in [0.1, 0.15) is 6.04 Å². The predicted molar refractivity (Wildman–Crippen MR) is 94.4 cm³/mol. The maximum atomic E-state index is 12.6. The molecule has 1 aliphatic heterocycles. The minimum atomic E-state index is -3.56. The zero-order chi connectivity index (χ0) is 19.2. The van der Waals surface area contributed by atoms with Crippen molar-refractivity contribution in [3.8, 4) is 0 Å². The lowest BCUT2D eigenvalue weighted by Gasteiger charge is -2.25. The first-order valence-electron chi connectivity index (χ1n) is 8.49. The summed E-state index contributed by atoms with van der Waals surface area (Å²) in [5, 5.41) is 11.5. The number of carbonyl (C=O) groups is 2. The summed E-state index contributed by atoms with van der Waals surface area (Å²) in [6, 6.07) is 4.47. The molecule has 0 radical (unpaired) electrons. The maximum absolute atomic E-state index is 12.6. The van der Waals surface area contributed by atoms with E-state index in [4.69, 9.17) is 9.84 Å². The second kappa shape index (κ2) is 9.11. The Kier molecular flexibility index (Phi) is 7.13. The van der Waals surface area contributed by atoms with Crippen LogP contribution in [0.4, 0.5) is 0 Å². The van der Waals surface area contributed by atoms with E-state index in [0.29, 0.717) is 13.1 Å². The van der Waals surface area contributed by atoms with Gasteiger partial charge in [-0.3, -0.25) is 4.79 Å². The van der Waals surface area contributed by atoms with Crippen molar-refractivity contribution < 1.29 is 27.9 Å². The first kappa shape index (κ1) is 20.3. The van der Waals surface area contributed by atoms with E-state index in [0.717, 1.165) is 19.3 Å². The normalized spacial score (nSPS) is 16.8. The third-order valence-electron chi connectivity index (χ3n) is 4.28. The molecule has 1 amide bonds. The average Bonchev–Trinajstić information content (AvgIpc) is 2.65. The van der Waals surface area contributed by atoms with E-state index in [9.17, 15) is 18.0 Å². The van der Waals surface area contributed by atoms with E-state index >= 15 is 0 Å². The van der Waals surface area contributed by atoms with Crippen LogP contribution in [0.5, 0.6) is 0 Å². The van der Waals surface area contributed by atoms with Crippen LogP contribution in [0.1, 0.15) is 36.0 Å². The van der Waals surface area contributed by atoms with Crippen LogP contribution in [0.25, 0.3) is 0 Å². The van der Waals surface area contributed by atoms with Crippen molar-refractivity contribution in [3.05, 3.63) is 29.8 Å². The number of benzene rings is 1. The van der Waals surface area contributed by atoms with E-state index in [2.05, 4.69) is 5.32 Å². The van der Waals surface area contributed by atoms with Crippen LogP contribution < -0.4 is 5.32 Å². The van der Waals surface area contributed by atoms with Crippen molar-refractivity contribution in [2.75, 3.05) is 26.8 Å². The van der Waals surface area contributed by atoms with Gasteiger partial charge in [-0.1, -0.05) is 6.42 Å². The molecule has 1 aliphatic rings. The minimum absolute atomic E-state index is 0.130. The lowest BCUT2D eigenvalue weighted by molar-refractivity contribution is -0.139. The third kappa shape index (κ3) is 5.03. The smallest absolute Gasteiger partial charge is 0.326 e. The van der Waals surface area contributed by atoms with Gasteiger partial charge in [0.2, 0.25) is 10.0 Å². The summed E-state index contributed by atoms with van der Waals surface area (Å²) in [4.78, 5) is 23.5. The van der Waals surface area contributed by atoms with Crippen molar-refractivity contribution in [2.24, 2.45) is 0 Å². The summed E-state index contributed by atoms with van der Waals surface area (Å²) in [7, 11) is -2.12. The number of amides is 1. The number of hydrogen-bond donors (Lipinski definition) is 2. The van der Waals surface area contributed by atoms with Crippen LogP contribution in [0.2, 0.25) is 0 Å². The van der Waals surface area contributed by atoms with Crippen LogP contribution in [0.3, 0.4) is 0 Å². The molecule has 0 aromatic heterocycles. The molecule has 1 heterocycles. The Morgan fingerprint density at radius 1 is 1.19 bits per heavy atom. The molecule has 1 aromatic rings. The molecule has 0 saturated carbocycles. The zero-order valence-corrected chi connectivity index (χ0v) is 15.5. The first-order valence-corrected chi connectivity index (χ1v) is 9.93. The number of carbonyl (C=O) groups excluding carboxylic acids is 1. The number of rotatable bonds is 8. The Morgan fingerprint density at radius 3 is 2.35 bits per heavy atom. The highest BCUT2D eigenvalue weighted by molar-refractivity contribution is 7.89. The van der Waals surface area contributed by atoms with E-state index in [1.54, 1.807) is 0 Å². The lowest BCUT2D eigenvalue weighted by atomic mass is 10.1. The summed E-state index contributed by atoms with van der Waals surface area (Å²) in [6.07, 6.45) is 2.85. The Morgan fingerprint density at radius 2 is 1.81 bits per heavy atom. The molecule has 0 bridgehead atoms. The number of aliphatic carboxylic acids is 1. The molecule has 1 atom stereocenters. The van der Waals surface area contributed by atoms with Crippen LogP contribution in [-0.2, 0) is 19.6 Å². The average molecular weight is 384 g/mol. The fourth-order valence-corrected chi connectivity index (χ4v) is 4.28. The zero-order valence-electron chi connectivity index (χ0n) is 14.7. The molecule has 2 N–H and O–H groups in total. The standard InChI is InChI=1S/C17H24N2O6S/c1-25-12-9-15(17(21)22)18-16(20)13-5-7-14(8-6-13)26(23,24)19-10-3-2-4-11-19/h5-8,15H,2-4,9-12H2,1H3,(H,18,20)(H,21,22). The molecule has 2 rings (SSSR count). The first-order chi connectivity index (χ1) is 12.4. The highest BCUT2D eigenvalue weighted by atomic mass is 32.2. The van der Waals surface area contributed by atoms with E-state index in [1.165, 1.54) is 35.7 Å². The van der Waals surface area contributed by atoms with Crippen LogP contribution >= 0.6 is 0 Å². The molecular weight excluding hydrogens is 360 g/mol. The van der Waals surface area contributed by atoms with Gasteiger partial charge in [0.05, 0.1) is 4.90 Å². The Labute approximate surface area is 153 Å². The van der Waals surface area contributed by atoms with Crippen molar-refractivity contribution >= 4 is 21.9 Å². The minimum Gasteiger partial charge on any atom is -0.480 e. The number of hydrogen-bond acceptors (Lipinski definition) is 5. The number of piperidine rings is 1. The maximum Gasteiger partial charge on any atom is 0.326 e. The van der Waals surface area contributed by atoms with Gasteiger partial charge in [-0.15, -0.1) is 0 Å². The topological polar surface area (TPSA) is 113 Å². The fraction of sp³-hybridized carbons (Fsp3) is 0.529. The van der Waals surface area contributed by atoms with E-state index in [-0.39, 0.29) is 23.5 Å². The van der Waals surface area contributed by atoms with Crippen LogP contribution in [0, 0.1) is 0 Å². The van der Waals surface area contributed by atoms with Gasteiger partial charge in [0.25, 0.3) is 5.91 Å². The number of methoxy groups -OCH3 is 1. The van der Waals surface area contributed by atoms with Crippen molar-refractivity contribution in [3.63, 3.8) is 0 Å². The third-order valence-corrected chi connectivity index (χ3v) is 6.20. The Bertz CT molecular complexity index is 726. The molecule has 1 saturated heterocycles. The van der Waals surface area contributed by atoms with Gasteiger partial charge in [-0.05, 0) is 37.1 Å². The SMILES string of the molecule is COCCC(NC(=O)c1ccc(S(=O)(=O)N2CCCCC2)cc1)C(=O)O. The van der Waals surface area contributed by atoms with E-state index in [1.807, 2.05) is 0 Å². The summed E-state index contributed by atoms with van der Waals surface area (Å²) in [6.45, 7) is 1.21. The van der Waals surface area contributed by atoms with Gasteiger partial charge in [0.15, 0.2) is 0 Å². The molecule has 0 spiro atoms. The van der Waals surface area contributed by atoms with Crippen molar-refractivity contribution in [1.29, 1.82) is 0 Å². The molecule has 8 nitrogen and oxygen atoms in total. The second-order valence-electron chi connectivity index (χ2n) is 6.13. The Hall–Kier alpha value is -1.97. The molecule has 144 valence electrons. The molecule has 26 heavy (non-hydrogen) atoms. The summed E-state index contributed by atoms with van der Waals surface area (Å²) >= 11 is 0. The number of carboxylic acids is 1. The van der Waals surface area contributed by atoms with Crippen molar-refractivity contribution in [1.82, 2.24) is 9.62 Å². The second-order valence-corrected chi connectivity index (χ2v) is 8.07. The molecular formula is C17H24N2O6S. The van der Waals surface area contributed by atoms with Crippen molar-refractivity contribution in [2.45, 2.75) is 36.6 Å². The van der Waals surface area contributed by atoms with Gasteiger partial charge in [-0.25, -0.2) is 13.2 Å². The summed E-state index contributed by atoms with van der Waals surface area (Å²) in [5.74, 6) is -1.73. The fourth-order valence-electron chi connectivity index (χ4n) is 2.77. The molecule has 9 heteroatoms. The van der Waals surface area contributed by atoms with E-state index < -0.39 is 27.9 Å². The number of nitrogens with one attached hydrogen (secondary N) is 1. The van der Waals surface area contributed by atoms with Gasteiger partial charge in [-0.2, -0.15) is 4.31 Å². The van der Waals surface area contributed by atoms with Gasteiger partial charge in [0, 0.05) is 38.8 Å². The lowest BCUT2D eigenvalue weighted by Crippen LogP contribution is -2.41. The highest BCUT2D eigenvalue weighted by Crippen LogP contribution is 2.20. The molecule has 1 unspecified atom stereocenters. The molecule has 1 fully saturated rings. The molecule has 1 aromatic carbocycles. The Balaban J connectivity index is 2.08. The highest BCUT2D eigenvalue weighted by Gasteiger charge is 2.26. The number of carboxylic acid groups (broad SMARTS) is 1. The number of nitrogens with zero attached hydrogens (tertiary/aromatic N) is 1. The summed E-state index contributed by atoms with van der Waals surface area (Å²) < 4.78 is 31.5. The summed E-state index contributed by atoms with van der Waals surface area (Å²) in [5.41, 5.74) is 0.200.